The molecule has 20 heavy (non-hydrogen) atoms. The number of carbonyl (C=O) groups excluding carboxylic acids is 1. The molecule has 2 rings (SSSR count). The van der Waals surface area contributed by atoms with Crippen molar-refractivity contribution in [3.8, 4) is 5.75 Å². The minimum atomic E-state index is -0.957. The second-order valence-electron chi connectivity index (χ2n) is 4.90. The molecule has 3 atom stereocenters. The van der Waals surface area contributed by atoms with Gasteiger partial charge in [0.25, 0.3) is 0 Å². The van der Waals surface area contributed by atoms with E-state index in [2.05, 4.69) is 5.32 Å². The standard InChI is InChI=1S/C14H16FNO4/c1-7(9-5-8(15)3-4-12(9)20-2)16-13(17)10-6-11(10)14(18)19/h3-5,7,10-11H,6H2,1-2H3,(H,16,17)(H,18,19)/t7-,10-,11-/m0/s1. The van der Waals surface area contributed by atoms with Gasteiger partial charge in [-0.2, -0.15) is 0 Å². The Hall–Kier alpha value is -2.11. The average Bonchev–Trinajstić information content (AvgIpc) is 3.18. The molecular weight excluding hydrogens is 265 g/mol. The molecule has 0 spiro atoms. The van der Waals surface area contributed by atoms with E-state index in [0.717, 1.165) is 0 Å². The number of halogens is 1. The van der Waals surface area contributed by atoms with Crippen LogP contribution >= 0.6 is 0 Å². The molecule has 108 valence electrons. The summed E-state index contributed by atoms with van der Waals surface area (Å²) in [4.78, 5) is 22.6. The summed E-state index contributed by atoms with van der Waals surface area (Å²) in [7, 11) is 1.46. The number of hydrogen-bond donors (Lipinski definition) is 2. The first-order valence-electron chi connectivity index (χ1n) is 6.30. The van der Waals surface area contributed by atoms with Crippen LogP contribution in [0.15, 0.2) is 18.2 Å². The zero-order valence-electron chi connectivity index (χ0n) is 11.2. The smallest absolute Gasteiger partial charge is 0.307 e. The van der Waals surface area contributed by atoms with Gasteiger partial charge in [-0.25, -0.2) is 4.39 Å². The van der Waals surface area contributed by atoms with Gasteiger partial charge in [0.2, 0.25) is 5.91 Å². The van der Waals surface area contributed by atoms with Crippen LogP contribution in [-0.4, -0.2) is 24.1 Å². The third kappa shape index (κ3) is 2.89. The van der Waals surface area contributed by atoms with Crippen LogP contribution < -0.4 is 10.1 Å². The Bertz CT molecular complexity index is 546. The van der Waals surface area contributed by atoms with E-state index in [1.165, 1.54) is 25.3 Å². The number of benzene rings is 1. The van der Waals surface area contributed by atoms with Crippen LogP contribution in [0.2, 0.25) is 0 Å². The molecule has 0 unspecified atom stereocenters. The lowest BCUT2D eigenvalue weighted by atomic mass is 10.1. The summed E-state index contributed by atoms with van der Waals surface area (Å²) in [6.07, 6.45) is 0.355. The average molecular weight is 281 g/mol. The van der Waals surface area contributed by atoms with Crippen LogP contribution in [0.4, 0.5) is 4.39 Å². The lowest BCUT2D eigenvalue weighted by Gasteiger charge is -2.17. The molecule has 0 aromatic heterocycles. The molecule has 5 nitrogen and oxygen atoms in total. The first-order chi connectivity index (χ1) is 9.43. The summed E-state index contributed by atoms with van der Waals surface area (Å²) in [5, 5.41) is 11.5. The molecule has 0 bridgehead atoms. The van der Waals surface area contributed by atoms with Crippen LogP contribution in [0.1, 0.15) is 24.9 Å². The zero-order chi connectivity index (χ0) is 14.9. The van der Waals surface area contributed by atoms with Crippen molar-refractivity contribution in [2.45, 2.75) is 19.4 Å². The van der Waals surface area contributed by atoms with Crippen molar-refractivity contribution in [2.24, 2.45) is 11.8 Å². The highest BCUT2D eigenvalue weighted by atomic mass is 19.1. The van der Waals surface area contributed by atoms with Gasteiger partial charge in [0.1, 0.15) is 11.6 Å². The topological polar surface area (TPSA) is 75.6 Å². The van der Waals surface area contributed by atoms with Gasteiger partial charge in [-0.3, -0.25) is 9.59 Å². The highest BCUT2D eigenvalue weighted by Crippen LogP contribution is 2.39. The summed E-state index contributed by atoms with van der Waals surface area (Å²) in [6.45, 7) is 1.70. The van der Waals surface area contributed by atoms with E-state index in [0.29, 0.717) is 17.7 Å². The molecule has 0 aliphatic heterocycles. The fraction of sp³-hybridized carbons (Fsp3) is 0.429. The summed E-state index contributed by atoms with van der Waals surface area (Å²) in [6, 6.07) is 3.61. The Kier molecular flexibility index (Phi) is 3.92. The predicted molar refractivity (Wildman–Crippen MR) is 68.7 cm³/mol. The van der Waals surface area contributed by atoms with Gasteiger partial charge in [-0.15, -0.1) is 0 Å². The van der Waals surface area contributed by atoms with Gasteiger partial charge in [0, 0.05) is 5.56 Å². The molecular formula is C14H16FNO4. The van der Waals surface area contributed by atoms with E-state index in [1.54, 1.807) is 6.92 Å². The van der Waals surface area contributed by atoms with Crippen LogP contribution in [-0.2, 0) is 9.59 Å². The van der Waals surface area contributed by atoms with E-state index < -0.39 is 29.7 Å². The molecule has 1 saturated carbocycles. The van der Waals surface area contributed by atoms with Gasteiger partial charge >= 0.3 is 5.97 Å². The summed E-state index contributed by atoms with van der Waals surface area (Å²) >= 11 is 0. The maximum absolute atomic E-state index is 13.3. The SMILES string of the molecule is COc1ccc(F)cc1[C@H](C)NC(=O)[C@H]1C[C@@H]1C(=O)O. The Morgan fingerprint density at radius 1 is 1.45 bits per heavy atom. The number of amides is 1. The van der Waals surface area contributed by atoms with Gasteiger partial charge in [-0.1, -0.05) is 0 Å². The molecule has 2 N–H and O–H groups in total. The molecule has 6 heteroatoms. The highest BCUT2D eigenvalue weighted by Gasteiger charge is 2.48. The van der Waals surface area contributed by atoms with Crippen molar-refractivity contribution in [1.82, 2.24) is 5.32 Å². The van der Waals surface area contributed by atoms with Crippen LogP contribution in [0.25, 0.3) is 0 Å². The molecule has 1 amide bonds. The fourth-order valence-corrected chi connectivity index (χ4v) is 2.20. The lowest BCUT2D eigenvalue weighted by Crippen LogP contribution is -2.29. The van der Waals surface area contributed by atoms with E-state index in [4.69, 9.17) is 9.84 Å². The van der Waals surface area contributed by atoms with E-state index in [1.807, 2.05) is 0 Å². The normalized spacial score (nSPS) is 21.9. The number of aliphatic carboxylic acids is 1. The van der Waals surface area contributed by atoms with Crippen molar-refractivity contribution in [3.63, 3.8) is 0 Å². The molecule has 1 aliphatic carbocycles. The highest BCUT2D eigenvalue weighted by molar-refractivity contribution is 5.89. The van der Waals surface area contributed by atoms with Crippen LogP contribution in [0.3, 0.4) is 0 Å². The molecule has 1 aromatic carbocycles. The first kappa shape index (κ1) is 14.3. The Balaban J connectivity index is 2.05. The van der Waals surface area contributed by atoms with Crippen molar-refractivity contribution in [2.75, 3.05) is 7.11 Å². The summed E-state index contributed by atoms with van der Waals surface area (Å²) in [5.41, 5.74) is 0.522. The molecule has 0 radical (unpaired) electrons. The fourth-order valence-electron chi connectivity index (χ4n) is 2.20. The van der Waals surface area contributed by atoms with Crippen molar-refractivity contribution >= 4 is 11.9 Å². The third-order valence-corrected chi connectivity index (χ3v) is 3.46. The summed E-state index contributed by atoms with van der Waals surface area (Å²) < 4.78 is 18.4. The molecule has 1 aromatic rings. The maximum Gasteiger partial charge on any atom is 0.307 e. The third-order valence-electron chi connectivity index (χ3n) is 3.46. The lowest BCUT2D eigenvalue weighted by molar-refractivity contribution is -0.140. The summed E-state index contributed by atoms with van der Waals surface area (Å²) in [5.74, 6) is -2.31. The van der Waals surface area contributed by atoms with E-state index in [9.17, 15) is 14.0 Å². The minimum absolute atomic E-state index is 0.323. The number of carbonyl (C=O) groups is 2. The van der Waals surface area contributed by atoms with Gasteiger partial charge in [0.05, 0.1) is 25.0 Å². The molecule has 1 fully saturated rings. The molecule has 1 aliphatic rings. The van der Waals surface area contributed by atoms with Crippen LogP contribution in [0.5, 0.6) is 5.75 Å². The Labute approximate surface area is 115 Å². The number of methoxy groups -OCH3 is 1. The number of ether oxygens (including phenoxy) is 1. The molecule has 0 heterocycles. The van der Waals surface area contributed by atoms with Gasteiger partial charge in [-0.05, 0) is 31.5 Å². The number of hydrogen-bond acceptors (Lipinski definition) is 3. The zero-order valence-corrected chi connectivity index (χ0v) is 11.2. The van der Waals surface area contributed by atoms with Crippen molar-refractivity contribution in [3.05, 3.63) is 29.6 Å². The van der Waals surface area contributed by atoms with Crippen molar-refractivity contribution < 1.29 is 23.8 Å². The number of carboxylic acids is 1. The predicted octanol–water partition coefficient (Wildman–Crippen LogP) is 1.73. The van der Waals surface area contributed by atoms with E-state index >= 15 is 0 Å². The molecule has 0 saturated heterocycles. The number of rotatable bonds is 5. The van der Waals surface area contributed by atoms with E-state index in [-0.39, 0.29) is 5.91 Å². The minimum Gasteiger partial charge on any atom is -0.496 e. The van der Waals surface area contributed by atoms with Gasteiger partial charge < -0.3 is 15.2 Å². The largest absolute Gasteiger partial charge is 0.496 e. The second kappa shape index (κ2) is 5.48. The van der Waals surface area contributed by atoms with Crippen LogP contribution in [0, 0.1) is 17.7 Å². The second-order valence-corrected chi connectivity index (χ2v) is 4.90. The van der Waals surface area contributed by atoms with Gasteiger partial charge in [0.15, 0.2) is 0 Å². The maximum atomic E-state index is 13.3. The Morgan fingerprint density at radius 3 is 2.70 bits per heavy atom. The monoisotopic (exact) mass is 281 g/mol. The number of nitrogens with one attached hydrogen (secondary N) is 1. The van der Waals surface area contributed by atoms with Crippen molar-refractivity contribution in [1.29, 1.82) is 0 Å². The Morgan fingerprint density at radius 2 is 2.15 bits per heavy atom. The quantitative estimate of drug-likeness (QED) is 0.862. The number of carboxylic acid groups (broad SMARTS) is 1. The first-order valence-corrected chi connectivity index (χ1v) is 6.30.